The third-order valence-electron chi connectivity index (χ3n) is 6.14. The highest BCUT2D eigenvalue weighted by Gasteiger charge is 2.21. The predicted octanol–water partition coefficient (Wildman–Crippen LogP) is 4.67. The van der Waals surface area contributed by atoms with Gasteiger partial charge in [-0.25, -0.2) is 0 Å². The molecule has 3 heterocycles. The molecule has 0 radical (unpaired) electrons. The van der Waals surface area contributed by atoms with Crippen molar-refractivity contribution in [3.05, 3.63) is 75.7 Å². The van der Waals surface area contributed by atoms with Gasteiger partial charge in [0.05, 0.1) is 0 Å². The number of hydrogen-bond acceptors (Lipinski definition) is 7. The number of amides is 1. The second kappa shape index (κ2) is 9.33. The Hall–Kier alpha value is -4.40. The maximum atomic E-state index is 13.4. The zero-order valence-electron chi connectivity index (χ0n) is 20.5. The molecular weight excluding hydrogens is 460 g/mol. The Morgan fingerprint density at radius 2 is 1.81 bits per heavy atom. The van der Waals surface area contributed by atoms with E-state index in [1.165, 1.54) is 10.1 Å². The number of rotatable bonds is 6. The third-order valence-corrected chi connectivity index (χ3v) is 6.14. The molecule has 1 aliphatic heterocycles. The number of aromatic nitrogens is 3. The van der Waals surface area contributed by atoms with Crippen LogP contribution in [0.5, 0.6) is 11.5 Å². The summed E-state index contributed by atoms with van der Waals surface area (Å²) in [6.45, 7) is 7.82. The normalized spacial score (nSPS) is 12.2. The lowest BCUT2D eigenvalue weighted by molar-refractivity contribution is -0.116. The molecule has 5 rings (SSSR count). The predicted molar refractivity (Wildman–Crippen MR) is 134 cm³/mol. The molecule has 36 heavy (non-hydrogen) atoms. The van der Waals surface area contributed by atoms with Crippen molar-refractivity contribution in [2.75, 3.05) is 12.1 Å². The van der Waals surface area contributed by atoms with Gasteiger partial charge >= 0.3 is 0 Å². The van der Waals surface area contributed by atoms with E-state index in [4.69, 9.17) is 14.0 Å². The summed E-state index contributed by atoms with van der Waals surface area (Å²) in [4.78, 5) is 30.7. The number of hydrogen-bond donors (Lipinski definition) is 1. The van der Waals surface area contributed by atoms with Crippen LogP contribution in [0.25, 0.3) is 22.8 Å². The zero-order chi connectivity index (χ0) is 25.4. The van der Waals surface area contributed by atoms with Crippen molar-refractivity contribution in [1.82, 2.24) is 14.7 Å². The Bertz CT molecular complexity index is 1500. The van der Waals surface area contributed by atoms with Gasteiger partial charge in [-0.05, 0) is 67.3 Å². The van der Waals surface area contributed by atoms with Gasteiger partial charge in [-0.1, -0.05) is 31.1 Å². The number of benzene rings is 2. The number of pyridine rings is 1. The molecule has 0 saturated carbocycles. The van der Waals surface area contributed by atoms with Gasteiger partial charge < -0.3 is 23.9 Å². The first kappa shape index (κ1) is 23.3. The molecule has 0 spiro atoms. The number of anilines is 1. The van der Waals surface area contributed by atoms with E-state index in [-0.39, 0.29) is 36.3 Å². The SMILES string of the molecule is Cc1cc(C)n(CC(=O)Nc2ccc(C(C)C)cc2)c(=O)c1-c1nc(-c2ccc3c(c2)OCO3)no1. The summed E-state index contributed by atoms with van der Waals surface area (Å²) in [6.07, 6.45) is 0. The first-order valence-electron chi connectivity index (χ1n) is 11.6. The van der Waals surface area contributed by atoms with E-state index >= 15 is 0 Å². The quantitative estimate of drug-likeness (QED) is 0.422. The second-order valence-corrected chi connectivity index (χ2v) is 9.05. The van der Waals surface area contributed by atoms with Crippen molar-refractivity contribution in [2.24, 2.45) is 0 Å². The van der Waals surface area contributed by atoms with Crippen molar-refractivity contribution in [3.63, 3.8) is 0 Å². The molecule has 184 valence electrons. The fourth-order valence-electron chi connectivity index (χ4n) is 4.16. The molecule has 1 aliphatic rings. The van der Waals surface area contributed by atoms with Crippen LogP contribution in [-0.4, -0.2) is 27.4 Å². The lowest BCUT2D eigenvalue weighted by Crippen LogP contribution is -2.30. The number of carbonyl (C=O) groups is 1. The molecule has 1 amide bonds. The summed E-state index contributed by atoms with van der Waals surface area (Å²) in [5.74, 6) is 1.74. The number of nitrogens with one attached hydrogen (secondary N) is 1. The fourth-order valence-corrected chi connectivity index (χ4v) is 4.16. The summed E-state index contributed by atoms with van der Waals surface area (Å²) in [7, 11) is 0. The summed E-state index contributed by atoms with van der Waals surface area (Å²) < 4.78 is 17.6. The van der Waals surface area contributed by atoms with Crippen LogP contribution >= 0.6 is 0 Å². The molecule has 0 fully saturated rings. The van der Waals surface area contributed by atoms with Crippen LogP contribution in [0.3, 0.4) is 0 Å². The first-order valence-corrected chi connectivity index (χ1v) is 11.6. The van der Waals surface area contributed by atoms with Crippen molar-refractivity contribution in [2.45, 2.75) is 40.2 Å². The van der Waals surface area contributed by atoms with Gasteiger partial charge in [-0.15, -0.1) is 0 Å². The molecule has 0 bridgehead atoms. The van der Waals surface area contributed by atoms with Gasteiger partial charge in [0.1, 0.15) is 12.1 Å². The summed E-state index contributed by atoms with van der Waals surface area (Å²) in [5, 5.41) is 6.91. The number of aryl methyl sites for hydroxylation is 2. The number of fused-ring (bicyclic) bond motifs is 1. The Labute approximate surface area is 207 Å². The Morgan fingerprint density at radius 1 is 1.06 bits per heavy atom. The molecule has 9 heteroatoms. The maximum absolute atomic E-state index is 13.4. The van der Waals surface area contributed by atoms with Crippen LogP contribution in [0, 0.1) is 13.8 Å². The van der Waals surface area contributed by atoms with E-state index in [2.05, 4.69) is 29.3 Å². The third kappa shape index (κ3) is 4.47. The number of carbonyl (C=O) groups excluding carboxylic acids is 1. The Balaban J connectivity index is 1.40. The number of ether oxygens (including phenoxy) is 2. The summed E-state index contributed by atoms with van der Waals surface area (Å²) in [5.41, 5.74) is 3.74. The molecule has 1 N–H and O–H groups in total. The van der Waals surface area contributed by atoms with Gasteiger partial charge in [0.25, 0.3) is 11.4 Å². The minimum atomic E-state index is -0.376. The van der Waals surface area contributed by atoms with E-state index in [0.717, 1.165) is 0 Å². The maximum Gasteiger partial charge on any atom is 0.264 e. The fraction of sp³-hybridized carbons (Fsp3) is 0.259. The molecule has 2 aromatic carbocycles. The van der Waals surface area contributed by atoms with Crippen molar-refractivity contribution in [1.29, 1.82) is 0 Å². The lowest BCUT2D eigenvalue weighted by atomic mass is 10.0. The molecular formula is C27H26N4O5. The van der Waals surface area contributed by atoms with E-state index in [1.807, 2.05) is 30.3 Å². The Kier molecular flexibility index (Phi) is 6.05. The molecule has 2 aromatic heterocycles. The zero-order valence-corrected chi connectivity index (χ0v) is 20.5. The van der Waals surface area contributed by atoms with E-state index in [1.54, 1.807) is 32.0 Å². The lowest BCUT2D eigenvalue weighted by Gasteiger charge is -2.13. The Morgan fingerprint density at radius 3 is 2.56 bits per heavy atom. The van der Waals surface area contributed by atoms with Gasteiger partial charge in [0.2, 0.25) is 18.5 Å². The molecule has 9 nitrogen and oxygen atoms in total. The van der Waals surface area contributed by atoms with Gasteiger partial charge in [0, 0.05) is 16.9 Å². The van der Waals surface area contributed by atoms with Crippen LogP contribution in [0.4, 0.5) is 5.69 Å². The van der Waals surface area contributed by atoms with Gasteiger partial charge in [-0.2, -0.15) is 4.98 Å². The van der Waals surface area contributed by atoms with Crippen LogP contribution in [0.1, 0.15) is 36.6 Å². The van der Waals surface area contributed by atoms with Crippen molar-refractivity contribution < 1.29 is 18.8 Å². The highest BCUT2D eigenvalue weighted by Crippen LogP contribution is 2.35. The standard InChI is InChI=1S/C27H26N4O5/c1-15(2)18-5-8-20(9-6-18)28-23(32)13-31-17(4)11-16(3)24(27(31)33)26-29-25(30-36-26)19-7-10-21-22(12-19)35-14-34-21/h5-12,15H,13-14H2,1-4H3,(H,28,32). The molecule has 0 aliphatic carbocycles. The highest BCUT2D eigenvalue weighted by atomic mass is 16.7. The molecule has 0 saturated heterocycles. The van der Waals surface area contributed by atoms with Crippen LogP contribution in [-0.2, 0) is 11.3 Å². The minimum Gasteiger partial charge on any atom is -0.454 e. The summed E-state index contributed by atoms with van der Waals surface area (Å²) >= 11 is 0. The highest BCUT2D eigenvalue weighted by molar-refractivity contribution is 5.90. The van der Waals surface area contributed by atoms with E-state index < -0.39 is 0 Å². The second-order valence-electron chi connectivity index (χ2n) is 9.05. The first-order chi connectivity index (χ1) is 17.3. The summed E-state index contributed by atoms with van der Waals surface area (Å²) in [6, 6.07) is 14.8. The van der Waals surface area contributed by atoms with Crippen LogP contribution < -0.4 is 20.3 Å². The molecule has 0 unspecified atom stereocenters. The monoisotopic (exact) mass is 486 g/mol. The largest absolute Gasteiger partial charge is 0.454 e. The van der Waals surface area contributed by atoms with Crippen LogP contribution in [0.2, 0.25) is 0 Å². The van der Waals surface area contributed by atoms with Gasteiger partial charge in [0.15, 0.2) is 11.5 Å². The van der Waals surface area contributed by atoms with E-state index in [0.29, 0.717) is 45.7 Å². The topological polar surface area (TPSA) is 108 Å². The smallest absolute Gasteiger partial charge is 0.264 e. The van der Waals surface area contributed by atoms with Crippen molar-refractivity contribution >= 4 is 11.6 Å². The van der Waals surface area contributed by atoms with Crippen molar-refractivity contribution in [3.8, 4) is 34.3 Å². The average molecular weight is 487 g/mol. The average Bonchev–Trinajstić information content (AvgIpc) is 3.51. The van der Waals surface area contributed by atoms with E-state index in [9.17, 15) is 9.59 Å². The molecule has 4 aromatic rings. The molecule has 0 atom stereocenters. The van der Waals surface area contributed by atoms with Gasteiger partial charge in [-0.3, -0.25) is 9.59 Å². The number of nitrogens with zero attached hydrogens (tertiary/aromatic N) is 3. The minimum absolute atomic E-state index is 0.0867. The van der Waals surface area contributed by atoms with Crippen LogP contribution in [0.15, 0.2) is 57.8 Å².